The van der Waals surface area contributed by atoms with Crippen molar-refractivity contribution in [2.45, 2.75) is 39.3 Å². The molecule has 1 amide bonds. The van der Waals surface area contributed by atoms with Crippen molar-refractivity contribution in [2.75, 3.05) is 0 Å². The van der Waals surface area contributed by atoms with E-state index in [0.717, 1.165) is 0 Å². The Hall–Kier alpha value is -1.85. The first-order valence-electron chi connectivity index (χ1n) is 5.97. The standard InChI is InChI=1S/C12H19N3O3/c1-9(2)7-10(12(17)18)14-11(16)3-5-15-6-4-13-8-15/h4,6,8-10H,3,5,7H2,1-2H3,(H,14,16)(H,17,18)/t10-/m0/s1. The summed E-state index contributed by atoms with van der Waals surface area (Å²) in [5, 5.41) is 11.5. The molecule has 1 rings (SSSR count). The van der Waals surface area contributed by atoms with Crippen LogP contribution in [0.3, 0.4) is 0 Å². The van der Waals surface area contributed by atoms with Crippen LogP contribution >= 0.6 is 0 Å². The van der Waals surface area contributed by atoms with Crippen LogP contribution in [0.25, 0.3) is 0 Å². The van der Waals surface area contributed by atoms with Gasteiger partial charge in [-0.15, -0.1) is 0 Å². The van der Waals surface area contributed by atoms with Gasteiger partial charge in [-0.3, -0.25) is 4.79 Å². The Balaban J connectivity index is 2.39. The fourth-order valence-electron chi connectivity index (χ4n) is 1.61. The highest BCUT2D eigenvalue weighted by Crippen LogP contribution is 2.05. The lowest BCUT2D eigenvalue weighted by atomic mass is 10.0. The van der Waals surface area contributed by atoms with Crippen molar-refractivity contribution in [3.63, 3.8) is 0 Å². The summed E-state index contributed by atoms with van der Waals surface area (Å²) in [6, 6.07) is -0.805. The van der Waals surface area contributed by atoms with E-state index in [9.17, 15) is 9.59 Å². The van der Waals surface area contributed by atoms with Crippen LogP contribution in [0, 0.1) is 5.92 Å². The van der Waals surface area contributed by atoms with Gasteiger partial charge < -0.3 is 15.0 Å². The zero-order chi connectivity index (χ0) is 13.5. The molecule has 0 bridgehead atoms. The number of aryl methyl sites for hydroxylation is 1. The number of nitrogens with zero attached hydrogens (tertiary/aromatic N) is 2. The fourth-order valence-corrected chi connectivity index (χ4v) is 1.61. The van der Waals surface area contributed by atoms with E-state index in [-0.39, 0.29) is 18.2 Å². The molecule has 1 atom stereocenters. The third kappa shape index (κ3) is 4.99. The van der Waals surface area contributed by atoms with Crippen LogP contribution in [0.15, 0.2) is 18.7 Å². The van der Waals surface area contributed by atoms with Crippen molar-refractivity contribution < 1.29 is 14.7 Å². The van der Waals surface area contributed by atoms with Gasteiger partial charge >= 0.3 is 5.97 Å². The first kappa shape index (κ1) is 14.2. The van der Waals surface area contributed by atoms with E-state index in [1.165, 1.54) is 0 Å². The second kappa shape index (κ2) is 6.78. The number of rotatable bonds is 7. The Kier molecular flexibility index (Phi) is 5.35. The van der Waals surface area contributed by atoms with E-state index >= 15 is 0 Å². The third-order valence-corrected chi connectivity index (χ3v) is 2.50. The number of carbonyl (C=O) groups excluding carboxylic acids is 1. The molecule has 0 saturated heterocycles. The number of aliphatic carboxylic acids is 1. The molecule has 0 saturated carbocycles. The second-order valence-electron chi connectivity index (χ2n) is 4.64. The van der Waals surface area contributed by atoms with Gasteiger partial charge in [0.05, 0.1) is 6.33 Å². The number of hydrogen-bond donors (Lipinski definition) is 2. The molecular weight excluding hydrogens is 234 g/mol. The van der Waals surface area contributed by atoms with Crippen molar-refractivity contribution in [1.82, 2.24) is 14.9 Å². The van der Waals surface area contributed by atoms with E-state index in [4.69, 9.17) is 5.11 Å². The minimum absolute atomic E-state index is 0.222. The summed E-state index contributed by atoms with van der Waals surface area (Å²) in [5.74, 6) is -1.02. The molecular formula is C12H19N3O3. The molecule has 6 heteroatoms. The number of imidazole rings is 1. The zero-order valence-corrected chi connectivity index (χ0v) is 10.7. The van der Waals surface area contributed by atoms with Crippen molar-refractivity contribution in [3.05, 3.63) is 18.7 Å². The number of carboxylic acids is 1. The van der Waals surface area contributed by atoms with Gasteiger partial charge in [-0.25, -0.2) is 9.78 Å². The minimum Gasteiger partial charge on any atom is -0.480 e. The average Bonchev–Trinajstić information content (AvgIpc) is 2.77. The summed E-state index contributed by atoms with van der Waals surface area (Å²) in [7, 11) is 0. The number of aromatic nitrogens is 2. The second-order valence-corrected chi connectivity index (χ2v) is 4.64. The Labute approximate surface area is 106 Å². The number of hydrogen-bond acceptors (Lipinski definition) is 3. The average molecular weight is 253 g/mol. The maximum Gasteiger partial charge on any atom is 0.326 e. The Bertz CT molecular complexity index is 387. The van der Waals surface area contributed by atoms with E-state index in [2.05, 4.69) is 10.3 Å². The van der Waals surface area contributed by atoms with Gasteiger partial charge in [0, 0.05) is 25.4 Å². The van der Waals surface area contributed by atoms with Crippen LogP contribution in [0.4, 0.5) is 0 Å². The molecule has 100 valence electrons. The molecule has 0 aliphatic rings. The van der Waals surface area contributed by atoms with Crippen molar-refractivity contribution >= 4 is 11.9 Å². The van der Waals surface area contributed by atoms with E-state index < -0.39 is 12.0 Å². The number of carboxylic acid groups (broad SMARTS) is 1. The number of nitrogens with one attached hydrogen (secondary N) is 1. The molecule has 2 N–H and O–H groups in total. The van der Waals surface area contributed by atoms with Gasteiger partial charge in [0.2, 0.25) is 5.91 Å². The highest BCUT2D eigenvalue weighted by Gasteiger charge is 2.20. The number of amides is 1. The zero-order valence-electron chi connectivity index (χ0n) is 10.7. The Morgan fingerprint density at radius 1 is 1.44 bits per heavy atom. The lowest BCUT2D eigenvalue weighted by Crippen LogP contribution is -2.41. The molecule has 6 nitrogen and oxygen atoms in total. The van der Waals surface area contributed by atoms with Crippen LogP contribution in [0.1, 0.15) is 26.7 Å². The largest absolute Gasteiger partial charge is 0.480 e. The Morgan fingerprint density at radius 3 is 2.67 bits per heavy atom. The van der Waals surface area contributed by atoms with Crippen LogP contribution in [-0.4, -0.2) is 32.6 Å². The van der Waals surface area contributed by atoms with Gasteiger partial charge in [0.25, 0.3) is 0 Å². The molecule has 1 aromatic rings. The maximum atomic E-state index is 11.6. The van der Waals surface area contributed by atoms with Crippen molar-refractivity contribution in [2.24, 2.45) is 5.92 Å². The van der Waals surface area contributed by atoms with E-state index in [0.29, 0.717) is 13.0 Å². The van der Waals surface area contributed by atoms with Gasteiger partial charge in [-0.2, -0.15) is 0 Å². The quantitative estimate of drug-likeness (QED) is 0.755. The third-order valence-electron chi connectivity index (χ3n) is 2.50. The summed E-state index contributed by atoms with van der Waals surface area (Å²) < 4.78 is 1.78. The fraction of sp³-hybridized carbons (Fsp3) is 0.583. The minimum atomic E-state index is -0.986. The van der Waals surface area contributed by atoms with Crippen molar-refractivity contribution in [1.29, 1.82) is 0 Å². The lowest BCUT2D eigenvalue weighted by molar-refractivity contribution is -0.142. The first-order valence-corrected chi connectivity index (χ1v) is 5.97. The molecule has 0 aliphatic carbocycles. The smallest absolute Gasteiger partial charge is 0.326 e. The summed E-state index contributed by atoms with van der Waals surface area (Å²) in [6.07, 6.45) is 5.70. The van der Waals surface area contributed by atoms with Crippen LogP contribution in [0.5, 0.6) is 0 Å². The molecule has 0 spiro atoms. The topological polar surface area (TPSA) is 84.2 Å². The summed E-state index contributed by atoms with van der Waals surface area (Å²) in [5.41, 5.74) is 0. The predicted octanol–water partition coefficient (Wildman–Crippen LogP) is 0.889. The molecule has 0 aliphatic heterocycles. The Morgan fingerprint density at radius 2 is 2.17 bits per heavy atom. The van der Waals surface area contributed by atoms with Crippen molar-refractivity contribution in [3.8, 4) is 0 Å². The van der Waals surface area contributed by atoms with E-state index in [1.807, 2.05) is 13.8 Å². The van der Waals surface area contributed by atoms with Crippen LogP contribution in [-0.2, 0) is 16.1 Å². The number of carbonyl (C=O) groups is 2. The van der Waals surface area contributed by atoms with Crippen LogP contribution < -0.4 is 5.32 Å². The molecule has 0 unspecified atom stereocenters. The highest BCUT2D eigenvalue weighted by atomic mass is 16.4. The van der Waals surface area contributed by atoms with Crippen LogP contribution in [0.2, 0.25) is 0 Å². The highest BCUT2D eigenvalue weighted by molar-refractivity contribution is 5.83. The summed E-state index contributed by atoms with van der Waals surface area (Å²) in [4.78, 5) is 26.5. The molecule has 0 aromatic carbocycles. The van der Waals surface area contributed by atoms with Gasteiger partial charge in [0.15, 0.2) is 0 Å². The molecule has 0 radical (unpaired) electrons. The maximum absolute atomic E-state index is 11.6. The van der Waals surface area contributed by atoms with Gasteiger partial charge in [-0.05, 0) is 12.3 Å². The summed E-state index contributed by atoms with van der Waals surface area (Å²) in [6.45, 7) is 4.35. The molecule has 18 heavy (non-hydrogen) atoms. The predicted molar refractivity (Wildman–Crippen MR) is 65.9 cm³/mol. The SMILES string of the molecule is CC(C)C[C@H](NC(=O)CCn1ccnc1)C(=O)O. The summed E-state index contributed by atoms with van der Waals surface area (Å²) >= 11 is 0. The van der Waals surface area contributed by atoms with E-state index in [1.54, 1.807) is 23.3 Å². The van der Waals surface area contributed by atoms with Gasteiger partial charge in [-0.1, -0.05) is 13.8 Å². The molecule has 1 heterocycles. The first-order chi connectivity index (χ1) is 8.49. The molecule has 0 fully saturated rings. The molecule has 1 aromatic heterocycles. The monoisotopic (exact) mass is 253 g/mol. The van der Waals surface area contributed by atoms with Gasteiger partial charge in [0.1, 0.15) is 6.04 Å². The lowest BCUT2D eigenvalue weighted by Gasteiger charge is -2.16. The normalized spacial score (nSPS) is 12.4.